The maximum absolute atomic E-state index is 4.03. The van der Waals surface area contributed by atoms with Gasteiger partial charge < -0.3 is 5.32 Å². The van der Waals surface area contributed by atoms with Gasteiger partial charge in [-0.15, -0.1) is 0 Å². The molecule has 0 spiro atoms. The molecule has 0 aromatic carbocycles. The van der Waals surface area contributed by atoms with Crippen LogP contribution in [-0.2, 0) is 6.54 Å². The van der Waals surface area contributed by atoms with E-state index in [2.05, 4.69) is 29.4 Å². The van der Waals surface area contributed by atoms with Gasteiger partial charge >= 0.3 is 0 Å². The number of aromatic amines is 1. The van der Waals surface area contributed by atoms with Gasteiger partial charge in [0.1, 0.15) is 0 Å². The van der Waals surface area contributed by atoms with Gasteiger partial charge in [0.2, 0.25) is 0 Å². The lowest BCUT2D eigenvalue weighted by Crippen LogP contribution is -2.39. The summed E-state index contributed by atoms with van der Waals surface area (Å²) in [7, 11) is 0. The number of H-pyrrole nitrogens is 1. The third-order valence-corrected chi connectivity index (χ3v) is 3.91. The molecule has 1 aromatic rings. The van der Waals surface area contributed by atoms with Gasteiger partial charge in [-0.25, -0.2) is 0 Å². The van der Waals surface area contributed by atoms with Gasteiger partial charge in [-0.2, -0.15) is 5.10 Å². The Morgan fingerprint density at radius 2 is 2.33 bits per heavy atom. The number of rotatable bonds is 5. The van der Waals surface area contributed by atoms with Crippen molar-refractivity contribution < 1.29 is 0 Å². The second-order valence-corrected chi connectivity index (χ2v) is 4.83. The number of hydrogen-bond donors (Lipinski definition) is 2. The van der Waals surface area contributed by atoms with Gasteiger partial charge in [-0.1, -0.05) is 13.3 Å². The molecule has 3 nitrogen and oxygen atoms in total. The molecule has 2 rings (SSSR count). The van der Waals surface area contributed by atoms with Crippen LogP contribution in [0.5, 0.6) is 0 Å². The molecule has 0 bridgehead atoms. The molecule has 0 atom stereocenters. The van der Waals surface area contributed by atoms with E-state index in [1.807, 2.05) is 6.20 Å². The van der Waals surface area contributed by atoms with Crippen LogP contribution in [0.25, 0.3) is 0 Å². The summed E-state index contributed by atoms with van der Waals surface area (Å²) in [5, 5.41) is 10.6. The molecule has 0 aliphatic heterocycles. The summed E-state index contributed by atoms with van der Waals surface area (Å²) in [6.07, 6.45) is 7.45. The van der Waals surface area contributed by atoms with Crippen molar-refractivity contribution in [3.63, 3.8) is 0 Å². The van der Waals surface area contributed by atoms with Gasteiger partial charge in [0.25, 0.3) is 0 Å². The molecule has 84 valence electrons. The molecule has 1 aliphatic rings. The number of nitrogens with one attached hydrogen (secondary N) is 2. The Kier molecular flexibility index (Phi) is 3.10. The van der Waals surface area contributed by atoms with E-state index < -0.39 is 0 Å². The monoisotopic (exact) mass is 207 g/mol. The molecule has 0 radical (unpaired) electrons. The SMILES string of the molecule is CCC1(CNCc2cn[nH]c2C)CCC1. The van der Waals surface area contributed by atoms with Crippen molar-refractivity contribution in [2.45, 2.75) is 46.1 Å². The lowest BCUT2D eigenvalue weighted by Gasteiger charge is -2.41. The van der Waals surface area contributed by atoms with E-state index in [9.17, 15) is 0 Å². The van der Waals surface area contributed by atoms with Crippen molar-refractivity contribution in [2.24, 2.45) is 5.41 Å². The minimum absolute atomic E-state index is 0.609. The molecule has 1 heterocycles. The van der Waals surface area contributed by atoms with Crippen molar-refractivity contribution >= 4 is 0 Å². The first-order valence-electron chi connectivity index (χ1n) is 5.95. The summed E-state index contributed by atoms with van der Waals surface area (Å²) < 4.78 is 0. The summed E-state index contributed by atoms with van der Waals surface area (Å²) in [6.45, 7) is 6.49. The highest BCUT2D eigenvalue weighted by Gasteiger charge is 2.34. The van der Waals surface area contributed by atoms with Gasteiger partial charge in [0.05, 0.1) is 6.20 Å². The fraction of sp³-hybridized carbons (Fsp3) is 0.750. The molecular weight excluding hydrogens is 186 g/mol. The van der Waals surface area contributed by atoms with E-state index in [0.717, 1.165) is 13.1 Å². The zero-order valence-electron chi connectivity index (χ0n) is 9.77. The molecule has 3 heteroatoms. The predicted octanol–water partition coefficient (Wildman–Crippen LogP) is 2.39. The Labute approximate surface area is 91.7 Å². The molecule has 2 N–H and O–H groups in total. The molecule has 1 aliphatic carbocycles. The van der Waals surface area contributed by atoms with Crippen LogP contribution >= 0.6 is 0 Å². The Bertz CT molecular complexity index is 307. The molecule has 0 amide bonds. The van der Waals surface area contributed by atoms with E-state index in [4.69, 9.17) is 0 Å². The largest absolute Gasteiger partial charge is 0.312 e. The highest BCUT2D eigenvalue weighted by atomic mass is 15.1. The molecule has 0 saturated heterocycles. The smallest absolute Gasteiger partial charge is 0.0535 e. The summed E-state index contributed by atoms with van der Waals surface area (Å²) >= 11 is 0. The van der Waals surface area contributed by atoms with E-state index >= 15 is 0 Å². The topological polar surface area (TPSA) is 40.7 Å². The molecule has 15 heavy (non-hydrogen) atoms. The molecule has 1 saturated carbocycles. The molecule has 1 aromatic heterocycles. The van der Waals surface area contributed by atoms with Crippen LogP contribution in [0.4, 0.5) is 0 Å². The highest BCUT2D eigenvalue weighted by molar-refractivity contribution is 5.13. The number of hydrogen-bond acceptors (Lipinski definition) is 2. The first kappa shape index (κ1) is 10.7. The molecule has 1 fully saturated rings. The first-order chi connectivity index (χ1) is 7.26. The van der Waals surface area contributed by atoms with Gasteiger partial charge in [-0.05, 0) is 31.6 Å². The molecular formula is C12H21N3. The fourth-order valence-electron chi connectivity index (χ4n) is 2.35. The highest BCUT2D eigenvalue weighted by Crippen LogP contribution is 2.43. The predicted molar refractivity (Wildman–Crippen MR) is 61.6 cm³/mol. The number of aryl methyl sites for hydroxylation is 1. The summed E-state index contributed by atoms with van der Waals surface area (Å²) in [5.74, 6) is 0. The van der Waals surface area contributed by atoms with Gasteiger partial charge in [-0.3, -0.25) is 5.10 Å². The van der Waals surface area contributed by atoms with Crippen LogP contribution in [0.2, 0.25) is 0 Å². The normalized spacial score (nSPS) is 18.8. The van der Waals surface area contributed by atoms with Crippen molar-refractivity contribution in [1.82, 2.24) is 15.5 Å². The minimum atomic E-state index is 0.609. The lowest BCUT2D eigenvalue weighted by molar-refractivity contribution is 0.124. The maximum Gasteiger partial charge on any atom is 0.0535 e. The number of aromatic nitrogens is 2. The van der Waals surface area contributed by atoms with Crippen LogP contribution in [0, 0.1) is 12.3 Å². The second-order valence-electron chi connectivity index (χ2n) is 4.83. The average Bonchev–Trinajstić information content (AvgIpc) is 2.57. The summed E-state index contributed by atoms with van der Waals surface area (Å²) in [4.78, 5) is 0. The fourth-order valence-corrected chi connectivity index (χ4v) is 2.35. The number of nitrogens with zero attached hydrogens (tertiary/aromatic N) is 1. The van der Waals surface area contributed by atoms with Crippen molar-refractivity contribution in [3.05, 3.63) is 17.5 Å². The first-order valence-corrected chi connectivity index (χ1v) is 5.95. The Hall–Kier alpha value is -0.830. The van der Waals surface area contributed by atoms with Crippen LogP contribution in [0.15, 0.2) is 6.20 Å². The second kappa shape index (κ2) is 4.35. The maximum atomic E-state index is 4.03. The van der Waals surface area contributed by atoms with Crippen molar-refractivity contribution in [2.75, 3.05) is 6.54 Å². The van der Waals surface area contributed by atoms with Crippen LogP contribution < -0.4 is 5.32 Å². The average molecular weight is 207 g/mol. The third-order valence-electron chi connectivity index (χ3n) is 3.91. The van der Waals surface area contributed by atoms with Gasteiger partial charge in [0.15, 0.2) is 0 Å². The lowest BCUT2D eigenvalue weighted by atomic mass is 9.67. The van der Waals surface area contributed by atoms with Crippen molar-refractivity contribution in [1.29, 1.82) is 0 Å². The summed E-state index contributed by atoms with van der Waals surface area (Å²) in [5.41, 5.74) is 3.08. The molecule has 0 unspecified atom stereocenters. The Morgan fingerprint density at radius 3 is 2.80 bits per heavy atom. The van der Waals surface area contributed by atoms with E-state index in [-0.39, 0.29) is 0 Å². The zero-order valence-corrected chi connectivity index (χ0v) is 9.77. The van der Waals surface area contributed by atoms with Crippen molar-refractivity contribution in [3.8, 4) is 0 Å². The van der Waals surface area contributed by atoms with Crippen LogP contribution in [0.1, 0.15) is 43.9 Å². The standard InChI is InChI=1S/C12H21N3/c1-3-12(5-4-6-12)9-13-7-11-8-14-15-10(11)2/h8,13H,3-7,9H2,1-2H3,(H,14,15). The third kappa shape index (κ3) is 2.23. The van der Waals surface area contributed by atoms with Gasteiger partial charge in [0, 0.05) is 24.3 Å². The Morgan fingerprint density at radius 1 is 1.53 bits per heavy atom. The Balaban J connectivity index is 1.77. The zero-order chi connectivity index (χ0) is 10.7. The van der Waals surface area contributed by atoms with E-state index in [1.54, 1.807) is 0 Å². The van der Waals surface area contributed by atoms with Crippen LogP contribution in [0.3, 0.4) is 0 Å². The summed E-state index contributed by atoms with van der Waals surface area (Å²) in [6, 6.07) is 0. The van der Waals surface area contributed by atoms with E-state index in [1.165, 1.54) is 36.9 Å². The minimum Gasteiger partial charge on any atom is -0.312 e. The quantitative estimate of drug-likeness (QED) is 0.778. The van der Waals surface area contributed by atoms with E-state index in [0.29, 0.717) is 5.41 Å². The van der Waals surface area contributed by atoms with Crippen LogP contribution in [-0.4, -0.2) is 16.7 Å².